The van der Waals surface area contributed by atoms with Gasteiger partial charge in [-0.15, -0.1) is 0 Å². The molecule has 0 aromatic rings. The van der Waals surface area contributed by atoms with E-state index in [0.717, 1.165) is 0 Å². The van der Waals surface area contributed by atoms with Gasteiger partial charge in [0.05, 0.1) is 11.4 Å². The summed E-state index contributed by atoms with van der Waals surface area (Å²) >= 11 is 3.67. The van der Waals surface area contributed by atoms with E-state index in [1.165, 1.54) is 11.4 Å². The molecule has 1 aliphatic heterocycles. The van der Waals surface area contributed by atoms with Gasteiger partial charge in [0.25, 0.3) is 0 Å². The molecule has 4 heteroatoms. The van der Waals surface area contributed by atoms with Crippen molar-refractivity contribution >= 4 is 23.9 Å². The third-order valence-electron chi connectivity index (χ3n) is 3.16. The average Bonchev–Trinajstić information content (AvgIpc) is 2.49. The lowest BCUT2D eigenvalue weighted by molar-refractivity contribution is 0.301. The van der Waals surface area contributed by atoms with Crippen LogP contribution >= 0.6 is 23.9 Å². The van der Waals surface area contributed by atoms with Gasteiger partial charge in [-0.1, -0.05) is 65.4 Å². The zero-order chi connectivity index (χ0) is 14.3. The van der Waals surface area contributed by atoms with Crippen LogP contribution in [0.5, 0.6) is 0 Å². The van der Waals surface area contributed by atoms with E-state index in [2.05, 4.69) is 69.6 Å². The number of allylic oxidation sites excluding steroid dienone is 2. The topological polar surface area (TPSA) is 6.48 Å². The SMILES string of the molecule is CSN1C(C(C)(C)C)=C(C(C)(C)C)N(SC)C1C. The van der Waals surface area contributed by atoms with Crippen LogP contribution in [0.25, 0.3) is 0 Å². The van der Waals surface area contributed by atoms with Crippen molar-refractivity contribution in [2.24, 2.45) is 10.8 Å². The first-order chi connectivity index (χ1) is 8.05. The summed E-state index contributed by atoms with van der Waals surface area (Å²) < 4.78 is 4.94. The lowest BCUT2D eigenvalue weighted by Crippen LogP contribution is -2.32. The van der Waals surface area contributed by atoms with E-state index in [4.69, 9.17) is 0 Å². The maximum absolute atomic E-state index is 2.47. The summed E-state index contributed by atoms with van der Waals surface area (Å²) in [5.41, 5.74) is 3.29. The van der Waals surface area contributed by atoms with Crippen LogP contribution in [-0.4, -0.2) is 27.3 Å². The van der Waals surface area contributed by atoms with Crippen molar-refractivity contribution in [2.75, 3.05) is 12.5 Å². The Morgan fingerprint density at radius 2 is 1.06 bits per heavy atom. The second-order valence-corrected chi connectivity index (χ2v) is 8.36. The molecule has 0 aromatic carbocycles. The Bertz CT molecular complexity index is 305. The van der Waals surface area contributed by atoms with Crippen LogP contribution in [0, 0.1) is 10.8 Å². The molecule has 0 saturated carbocycles. The van der Waals surface area contributed by atoms with Crippen LogP contribution in [0.3, 0.4) is 0 Å². The van der Waals surface area contributed by atoms with Crippen LogP contribution in [0.15, 0.2) is 11.4 Å². The molecule has 0 spiro atoms. The minimum Gasteiger partial charge on any atom is -0.296 e. The lowest BCUT2D eigenvalue weighted by Gasteiger charge is -2.32. The van der Waals surface area contributed by atoms with Crippen molar-refractivity contribution in [3.05, 3.63) is 11.4 Å². The molecule has 0 unspecified atom stereocenters. The Morgan fingerprint density at radius 3 is 1.22 bits per heavy atom. The maximum atomic E-state index is 2.47. The molecule has 106 valence electrons. The third-order valence-corrected chi connectivity index (χ3v) is 4.92. The van der Waals surface area contributed by atoms with E-state index < -0.39 is 0 Å². The van der Waals surface area contributed by atoms with Gasteiger partial charge in [0.1, 0.15) is 6.17 Å². The van der Waals surface area contributed by atoms with Crippen molar-refractivity contribution in [3.8, 4) is 0 Å². The van der Waals surface area contributed by atoms with Crippen molar-refractivity contribution in [1.29, 1.82) is 0 Å². The van der Waals surface area contributed by atoms with Crippen LogP contribution in [0.1, 0.15) is 48.5 Å². The van der Waals surface area contributed by atoms with Crippen LogP contribution in [-0.2, 0) is 0 Å². The summed E-state index contributed by atoms with van der Waals surface area (Å²) in [6.07, 6.45) is 4.76. The largest absolute Gasteiger partial charge is 0.296 e. The smallest absolute Gasteiger partial charge is 0.119 e. The minimum atomic E-state index is 0.171. The molecule has 0 N–H and O–H groups in total. The van der Waals surface area contributed by atoms with Gasteiger partial charge in [-0.3, -0.25) is 8.61 Å². The van der Waals surface area contributed by atoms with Crippen LogP contribution in [0.2, 0.25) is 0 Å². The summed E-state index contributed by atoms with van der Waals surface area (Å²) in [5, 5.41) is 0. The van der Waals surface area contributed by atoms with Gasteiger partial charge in [0.2, 0.25) is 0 Å². The van der Waals surface area contributed by atoms with Crippen LogP contribution in [0.4, 0.5) is 0 Å². The Labute approximate surface area is 122 Å². The Hall–Kier alpha value is 0.0400. The van der Waals surface area contributed by atoms with E-state index >= 15 is 0 Å². The number of nitrogens with zero attached hydrogens (tertiary/aromatic N) is 2. The van der Waals surface area contributed by atoms with E-state index in [0.29, 0.717) is 6.17 Å². The Balaban J connectivity index is 3.45. The molecule has 0 atom stereocenters. The molecule has 18 heavy (non-hydrogen) atoms. The van der Waals surface area contributed by atoms with Crippen molar-refractivity contribution in [1.82, 2.24) is 8.61 Å². The molecule has 0 radical (unpaired) electrons. The van der Waals surface area contributed by atoms with E-state index in [1.807, 2.05) is 23.9 Å². The summed E-state index contributed by atoms with van der Waals surface area (Å²) in [5.74, 6) is 0. The molecule has 1 heterocycles. The van der Waals surface area contributed by atoms with Gasteiger partial charge in [-0.05, 0) is 6.92 Å². The third kappa shape index (κ3) is 2.79. The predicted molar refractivity (Wildman–Crippen MR) is 86.1 cm³/mol. The van der Waals surface area contributed by atoms with Gasteiger partial charge >= 0.3 is 0 Å². The standard InChI is InChI=1S/C14H28N2S2/c1-10-15(17-8)11(13(2,3)4)12(14(5,6)7)16(10)18-9/h10H,1-9H3. The van der Waals surface area contributed by atoms with Gasteiger partial charge < -0.3 is 0 Å². The number of hydrogen-bond donors (Lipinski definition) is 0. The van der Waals surface area contributed by atoms with Crippen molar-refractivity contribution in [3.63, 3.8) is 0 Å². The number of hydrogen-bond acceptors (Lipinski definition) is 4. The molecular weight excluding hydrogens is 260 g/mol. The molecule has 0 aliphatic carbocycles. The average molecular weight is 289 g/mol. The lowest BCUT2D eigenvalue weighted by atomic mass is 9.83. The van der Waals surface area contributed by atoms with Crippen LogP contribution < -0.4 is 0 Å². The zero-order valence-electron chi connectivity index (χ0n) is 13.3. The molecule has 0 fully saturated rings. The monoisotopic (exact) mass is 288 g/mol. The highest BCUT2D eigenvalue weighted by Crippen LogP contribution is 2.50. The van der Waals surface area contributed by atoms with Crippen molar-refractivity contribution in [2.45, 2.75) is 54.6 Å². The fourth-order valence-electron chi connectivity index (χ4n) is 2.54. The quantitative estimate of drug-likeness (QED) is 0.672. The molecule has 0 amide bonds. The number of rotatable bonds is 2. The van der Waals surface area contributed by atoms with Crippen molar-refractivity contribution < 1.29 is 0 Å². The fraction of sp³-hybridized carbons (Fsp3) is 0.857. The highest BCUT2D eigenvalue weighted by atomic mass is 32.2. The molecular formula is C14H28N2S2. The first-order valence-corrected chi connectivity index (χ1v) is 8.84. The second kappa shape index (κ2) is 5.20. The normalized spacial score (nSPS) is 19.2. The molecule has 0 bridgehead atoms. The van der Waals surface area contributed by atoms with E-state index in [9.17, 15) is 0 Å². The van der Waals surface area contributed by atoms with E-state index in [1.54, 1.807) is 0 Å². The molecule has 2 nitrogen and oxygen atoms in total. The Morgan fingerprint density at radius 1 is 0.778 bits per heavy atom. The maximum Gasteiger partial charge on any atom is 0.119 e. The highest BCUT2D eigenvalue weighted by molar-refractivity contribution is 7.97. The first kappa shape index (κ1) is 16.1. The molecule has 0 aromatic heterocycles. The predicted octanol–water partition coefficient (Wildman–Crippen LogP) is 4.81. The summed E-state index contributed by atoms with van der Waals surface area (Å²) in [7, 11) is 0. The van der Waals surface area contributed by atoms with Gasteiger partial charge in [-0.2, -0.15) is 0 Å². The fourth-order valence-corrected chi connectivity index (χ4v) is 4.48. The summed E-state index contributed by atoms with van der Waals surface area (Å²) in [4.78, 5) is 0. The first-order valence-electron chi connectivity index (χ1n) is 6.47. The van der Waals surface area contributed by atoms with E-state index in [-0.39, 0.29) is 10.8 Å². The summed E-state index contributed by atoms with van der Waals surface area (Å²) in [6, 6.07) is 0. The van der Waals surface area contributed by atoms with Gasteiger partial charge in [-0.25, -0.2) is 0 Å². The molecule has 0 saturated heterocycles. The van der Waals surface area contributed by atoms with Gasteiger partial charge in [0.15, 0.2) is 0 Å². The minimum absolute atomic E-state index is 0.171. The summed E-state index contributed by atoms with van der Waals surface area (Å²) in [6.45, 7) is 16.2. The molecule has 1 aliphatic rings. The zero-order valence-corrected chi connectivity index (χ0v) is 14.9. The highest BCUT2D eigenvalue weighted by Gasteiger charge is 2.44. The second-order valence-electron chi connectivity index (χ2n) is 6.85. The Kier molecular flexibility index (Phi) is 4.65. The molecule has 1 rings (SSSR count). The van der Waals surface area contributed by atoms with Gasteiger partial charge in [0, 0.05) is 23.3 Å².